The molecule has 216 valence electrons. The second-order valence-electron chi connectivity index (χ2n) is 9.74. The third kappa shape index (κ3) is 9.42. The van der Waals surface area contributed by atoms with Gasteiger partial charge in [-0.2, -0.15) is 0 Å². The molecule has 0 aliphatic heterocycles. The highest BCUT2D eigenvalue weighted by atomic mass is 19.4. The zero-order valence-electron chi connectivity index (χ0n) is 21.6. The molecule has 9 nitrogen and oxygen atoms in total. The molecular formula is C27H30F4N4O5. The quantitative estimate of drug-likeness (QED) is 0.232. The number of amides is 2. The van der Waals surface area contributed by atoms with E-state index in [9.17, 15) is 37.4 Å². The van der Waals surface area contributed by atoms with Crippen molar-refractivity contribution in [3.63, 3.8) is 0 Å². The molecule has 0 fully saturated rings. The van der Waals surface area contributed by atoms with Gasteiger partial charge in [-0.3, -0.25) is 14.6 Å². The maximum Gasteiger partial charge on any atom is 0.573 e. The molecule has 0 spiro atoms. The van der Waals surface area contributed by atoms with Crippen LogP contribution in [-0.4, -0.2) is 62.3 Å². The smallest absolute Gasteiger partial charge is 0.406 e. The molecule has 13 heteroatoms. The number of fused-ring (bicyclic) bond motifs is 1. The van der Waals surface area contributed by atoms with Gasteiger partial charge in [0.1, 0.15) is 17.1 Å². The fourth-order valence-electron chi connectivity index (χ4n) is 4.21. The van der Waals surface area contributed by atoms with Crippen molar-refractivity contribution in [2.75, 3.05) is 0 Å². The van der Waals surface area contributed by atoms with E-state index >= 15 is 0 Å². The van der Waals surface area contributed by atoms with E-state index in [4.69, 9.17) is 5.73 Å². The average Bonchev–Trinajstić information content (AvgIpc) is 2.86. The number of rotatable bonds is 13. The summed E-state index contributed by atoms with van der Waals surface area (Å²) in [5.41, 5.74) is 3.95. The summed E-state index contributed by atoms with van der Waals surface area (Å²) >= 11 is 0. The van der Waals surface area contributed by atoms with Gasteiger partial charge in [0.15, 0.2) is 0 Å². The van der Waals surface area contributed by atoms with Crippen molar-refractivity contribution in [1.29, 1.82) is 0 Å². The van der Waals surface area contributed by atoms with Crippen molar-refractivity contribution in [2.45, 2.75) is 69.3 Å². The number of nitrogens with two attached hydrogens (primary N) is 1. The highest BCUT2D eigenvalue weighted by molar-refractivity contribution is 5.94. The molecule has 0 saturated carbocycles. The van der Waals surface area contributed by atoms with E-state index in [0.29, 0.717) is 11.0 Å². The number of carbonyl (C=O) groups is 2. The van der Waals surface area contributed by atoms with E-state index in [1.807, 2.05) is 0 Å². The van der Waals surface area contributed by atoms with Crippen molar-refractivity contribution >= 4 is 22.8 Å². The monoisotopic (exact) mass is 566 g/mol. The average molecular weight is 567 g/mol. The summed E-state index contributed by atoms with van der Waals surface area (Å²) in [7, 11) is 0. The molecule has 5 N–H and O–H groups in total. The van der Waals surface area contributed by atoms with E-state index in [2.05, 4.69) is 20.0 Å². The van der Waals surface area contributed by atoms with Gasteiger partial charge in [0.25, 0.3) is 5.91 Å². The number of halogens is 4. The molecule has 3 rings (SSSR count). The highest BCUT2D eigenvalue weighted by Crippen LogP contribution is 2.28. The predicted octanol–water partition coefficient (Wildman–Crippen LogP) is 3.37. The molecule has 4 unspecified atom stereocenters. The normalized spacial score (nSPS) is 15.6. The molecule has 3 aromatic rings. The van der Waals surface area contributed by atoms with Crippen LogP contribution in [0.15, 0.2) is 54.7 Å². The van der Waals surface area contributed by atoms with Crippen molar-refractivity contribution in [2.24, 2.45) is 5.73 Å². The van der Waals surface area contributed by atoms with Crippen molar-refractivity contribution in [3.8, 4) is 5.75 Å². The van der Waals surface area contributed by atoms with Crippen LogP contribution < -0.4 is 15.8 Å². The number of aliphatic hydroxyl groups is 2. The van der Waals surface area contributed by atoms with Gasteiger partial charge < -0.3 is 26.0 Å². The van der Waals surface area contributed by atoms with Gasteiger partial charge in [-0.25, -0.2) is 9.37 Å². The van der Waals surface area contributed by atoms with Crippen LogP contribution in [0, 0.1) is 0 Å². The van der Waals surface area contributed by atoms with Crippen molar-refractivity contribution in [3.05, 3.63) is 66.0 Å². The fraction of sp³-hybridized carbons (Fsp3) is 0.407. The van der Waals surface area contributed by atoms with Gasteiger partial charge in [0.2, 0.25) is 5.91 Å². The van der Waals surface area contributed by atoms with Gasteiger partial charge in [0.05, 0.1) is 41.9 Å². The Bertz CT molecular complexity index is 1320. The molecule has 0 saturated heterocycles. The molecule has 40 heavy (non-hydrogen) atoms. The number of hydrogen-bond donors (Lipinski definition) is 4. The van der Waals surface area contributed by atoms with E-state index in [1.165, 1.54) is 24.4 Å². The first kappa shape index (κ1) is 30.7. The predicted molar refractivity (Wildman–Crippen MR) is 137 cm³/mol. The Morgan fingerprint density at radius 3 is 2.38 bits per heavy atom. The molecule has 1 heterocycles. The third-order valence-corrected chi connectivity index (χ3v) is 6.16. The summed E-state index contributed by atoms with van der Waals surface area (Å²) in [6.07, 6.45) is -8.11. The van der Waals surface area contributed by atoms with Crippen LogP contribution >= 0.6 is 0 Å². The topological polar surface area (TPSA) is 148 Å². The lowest BCUT2D eigenvalue weighted by atomic mass is 9.92. The minimum Gasteiger partial charge on any atom is -0.406 e. The van der Waals surface area contributed by atoms with Crippen LogP contribution in [0.3, 0.4) is 0 Å². The SMILES string of the molecule is CC(F)(CCC(O)CC(O)C(Cc1ccccc1OC(F)(F)F)NC(=O)c1cnc2ccccc2n1)CC(N)=O. The third-order valence-electron chi connectivity index (χ3n) is 6.16. The van der Waals surface area contributed by atoms with E-state index in [-0.39, 0.29) is 36.9 Å². The summed E-state index contributed by atoms with van der Waals surface area (Å²) in [6, 6.07) is 10.8. The summed E-state index contributed by atoms with van der Waals surface area (Å²) in [5.74, 6) is -2.13. The molecular weight excluding hydrogens is 536 g/mol. The number of para-hydroxylation sites is 3. The summed E-state index contributed by atoms with van der Waals surface area (Å²) in [6.45, 7) is 1.16. The first-order valence-electron chi connectivity index (χ1n) is 12.4. The Morgan fingerprint density at radius 1 is 1.05 bits per heavy atom. The largest absolute Gasteiger partial charge is 0.573 e. The standard InChI is InChI=1S/C27H30F4N4O5/c1-26(28,14-24(32)38)11-10-17(36)13-22(37)20(12-16-6-2-5-9-23(16)40-27(29,30)31)35-25(39)21-15-33-18-7-3-4-8-19(18)34-21/h2-9,15,17,20,22,36-37H,10-14H2,1H3,(H2,32,38)(H,35,39). The number of benzene rings is 2. The molecule has 0 bridgehead atoms. The zero-order chi connectivity index (χ0) is 29.5. The van der Waals surface area contributed by atoms with Crippen molar-refractivity contribution < 1.29 is 42.1 Å². The Labute approximate surface area is 227 Å². The number of alkyl halides is 4. The van der Waals surface area contributed by atoms with Gasteiger partial charge in [-0.15, -0.1) is 13.2 Å². The number of hydrogen-bond acceptors (Lipinski definition) is 7. The Hall–Kier alpha value is -3.84. The van der Waals surface area contributed by atoms with Crippen LogP contribution in [0.5, 0.6) is 5.75 Å². The number of ether oxygens (including phenoxy) is 1. The summed E-state index contributed by atoms with van der Waals surface area (Å²) in [4.78, 5) is 32.5. The minimum absolute atomic E-state index is 0.0288. The Morgan fingerprint density at radius 2 is 1.70 bits per heavy atom. The lowest BCUT2D eigenvalue weighted by molar-refractivity contribution is -0.274. The lowest BCUT2D eigenvalue weighted by Crippen LogP contribution is -2.46. The van der Waals surface area contributed by atoms with Gasteiger partial charge in [-0.05, 0) is 49.9 Å². The number of aliphatic hydroxyl groups excluding tert-OH is 2. The van der Waals surface area contributed by atoms with Crippen LogP contribution in [0.2, 0.25) is 0 Å². The van der Waals surface area contributed by atoms with Crippen molar-refractivity contribution in [1.82, 2.24) is 15.3 Å². The Kier molecular flexibility index (Phi) is 9.98. The molecule has 2 amide bonds. The number of aromatic nitrogens is 2. The van der Waals surface area contributed by atoms with Crippen LogP contribution in [0.1, 0.15) is 48.7 Å². The molecule has 2 aromatic carbocycles. The second-order valence-corrected chi connectivity index (χ2v) is 9.74. The van der Waals surface area contributed by atoms with Gasteiger partial charge in [0, 0.05) is 6.42 Å². The van der Waals surface area contributed by atoms with Crippen LogP contribution in [0.4, 0.5) is 17.6 Å². The lowest BCUT2D eigenvalue weighted by Gasteiger charge is -2.27. The maximum absolute atomic E-state index is 14.5. The molecule has 0 radical (unpaired) electrons. The fourth-order valence-corrected chi connectivity index (χ4v) is 4.21. The number of carbonyl (C=O) groups excluding carboxylic acids is 2. The van der Waals surface area contributed by atoms with E-state index < -0.39 is 54.3 Å². The number of primary amides is 1. The molecule has 4 atom stereocenters. The van der Waals surface area contributed by atoms with Crippen LogP contribution in [-0.2, 0) is 11.2 Å². The van der Waals surface area contributed by atoms with Crippen LogP contribution in [0.25, 0.3) is 11.0 Å². The minimum atomic E-state index is -4.98. The van der Waals surface area contributed by atoms with Gasteiger partial charge >= 0.3 is 6.36 Å². The molecule has 0 aliphatic carbocycles. The zero-order valence-corrected chi connectivity index (χ0v) is 21.6. The second kappa shape index (κ2) is 13.0. The maximum atomic E-state index is 14.5. The first-order valence-corrected chi connectivity index (χ1v) is 12.4. The molecule has 1 aromatic heterocycles. The summed E-state index contributed by atoms with van der Waals surface area (Å²) < 4.78 is 57.5. The van der Waals surface area contributed by atoms with E-state index in [0.717, 1.165) is 13.0 Å². The van der Waals surface area contributed by atoms with Gasteiger partial charge in [-0.1, -0.05) is 30.3 Å². The first-order chi connectivity index (χ1) is 18.7. The molecule has 0 aliphatic rings. The highest BCUT2D eigenvalue weighted by Gasteiger charge is 2.33. The number of nitrogens with zero attached hydrogens (tertiary/aromatic N) is 2. The summed E-state index contributed by atoms with van der Waals surface area (Å²) in [5, 5.41) is 24.0. The Balaban J connectivity index is 1.80. The van der Waals surface area contributed by atoms with E-state index in [1.54, 1.807) is 24.3 Å². The number of nitrogens with one attached hydrogen (secondary N) is 1.